The Morgan fingerprint density at radius 2 is 2.07 bits per heavy atom. The second-order valence-electron chi connectivity index (χ2n) is 8.18. The molecule has 0 radical (unpaired) electrons. The minimum absolute atomic E-state index is 0.0979. The number of hydrogen-bond donors (Lipinski definition) is 1. The fourth-order valence-electron chi connectivity index (χ4n) is 5.06. The highest BCUT2D eigenvalue weighted by Gasteiger charge is 2.46. The molecule has 1 aromatic carbocycles. The predicted molar refractivity (Wildman–Crippen MR) is 107 cm³/mol. The molecule has 2 aliphatic rings. The van der Waals surface area contributed by atoms with Crippen molar-refractivity contribution in [3.05, 3.63) is 41.5 Å². The van der Waals surface area contributed by atoms with Crippen LogP contribution in [0.5, 0.6) is 0 Å². The third-order valence-electron chi connectivity index (χ3n) is 6.62. The number of aromatic amines is 1. The summed E-state index contributed by atoms with van der Waals surface area (Å²) in [5.74, 6) is 0. The molecular formula is C21H28N6O. The van der Waals surface area contributed by atoms with E-state index >= 15 is 0 Å². The zero-order chi connectivity index (χ0) is 19.0. The zero-order valence-electron chi connectivity index (χ0n) is 16.5. The minimum Gasteiger partial charge on any atom is -0.348 e. The Bertz CT molecular complexity index is 939. The summed E-state index contributed by atoms with van der Waals surface area (Å²) in [5, 5.41) is 8.08. The Morgan fingerprint density at radius 1 is 1.18 bits per heavy atom. The van der Waals surface area contributed by atoms with Crippen molar-refractivity contribution in [3.8, 4) is 0 Å². The molecule has 7 nitrogen and oxygen atoms in total. The molecule has 1 saturated heterocycles. The molecule has 148 valence electrons. The first kappa shape index (κ1) is 17.8. The number of benzene rings is 1. The van der Waals surface area contributed by atoms with Crippen LogP contribution in [0.25, 0.3) is 11.0 Å². The average molecular weight is 380 g/mol. The van der Waals surface area contributed by atoms with Gasteiger partial charge in [0.25, 0.3) is 0 Å². The van der Waals surface area contributed by atoms with Gasteiger partial charge in [-0.2, -0.15) is 0 Å². The van der Waals surface area contributed by atoms with E-state index in [1.54, 1.807) is 0 Å². The summed E-state index contributed by atoms with van der Waals surface area (Å²) in [6.07, 6.45) is 7.73. The van der Waals surface area contributed by atoms with Crippen molar-refractivity contribution in [2.45, 2.75) is 51.1 Å². The van der Waals surface area contributed by atoms with Gasteiger partial charge < -0.3 is 4.98 Å². The minimum atomic E-state index is 0.0979. The van der Waals surface area contributed by atoms with E-state index in [4.69, 9.17) is 9.61 Å². The summed E-state index contributed by atoms with van der Waals surface area (Å²) in [6, 6.07) is 6.13. The summed E-state index contributed by atoms with van der Waals surface area (Å²) in [6.45, 7) is 7.61. The maximum Gasteiger partial charge on any atom is 0.139 e. The van der Waals surface area contributed by atoms with Crippen molar-refractivity contribution in [2.24, 2.45) is 0 Å². The normalized spacial score (nSPS) is 20.0. The van der Waals surface area contributed by atoms with E-state index in [-0.39, 0.29) is 5.54 Å². The van der Waals surface area contributed by atoms with Crippen LogP contribution < -0.4 is 0 Å². The molecule has 0 aliphatic carbocycles. The van der Waals surface area contributed by atoms with Crippen LogP contribution in [0, 0.1) is 0 Å². The van der Waals surface area contributed by atoms with Crippen LogP contribution in [0.3, 0.4) is 0 Å². The number of rotatable bonds is 5. The van der Waals surface area contributed by atoms with Crippen molar-refractivity contribution in [1.82, 2.24) is 30.1 Å². The Labute approximate surface area is 165 Å². The SMILES string of the molecule is CCCCN1CCc2[nH]cnc2C12CCN(Cc1cccc3nonc13)CC2. The van der Waals surface area contributed by atoms with Gasteiger partial charge in [0.05, 0.1) is 17.6 Å². The van der Waals surface area contributed by atoms with Crippen LogP contribution in [-0.2, 0) is 18.5 Å². The van der Waals surface area contributed by atoms with Gasteiger partial charge in [-0.15, -0.1) is 0 Å². The van der Waals surface area contributed by atoms with Gasteiger partial charge in [-0.25, -0.2) is 9.61 Å². The molecule has 0 atom stereocenters. The molecule has 4 heterocycles. The topological polar surface area (TPSA) is 74.1 Å². The van der Waals surface area contributed by atoms with Gasteiger partial charge in [-0.05, 0) is 47.8 Å². The number of nitrogens with zero attached hydrogens (tertiary/aromatic N) is 5. The third-order valence-corrected chi connectivity index (χ3v) is 6.62. The van der Waals surface area contributed by atoms with Crippen LogP contribution >= 0.6 is 0 Å². The molecule has 2 aliphatic heterocycles. The van der Waals surface area contributed by atoms with E-state index in [0.717, 1.165) is 56.5 Å². The van der Waals surface area contributed by atoms with Gasteiger partial charge >= 0.3 is 0 Å². The first-order valence-corrected chi connectivity index (χ1v) is 10.5. The summed E-state index contributed by atoms with van der Waals surface area (Å²) in [7, 11) is 0. The molecule has 5 rings (SSSR count). The second-order valence-corrected chi connectivity index (χ2v) is 8.18. The largest absolute Gasteiger partial charge is 0.348 e. The fraction of sp³-hybridized carbons (Fsp3) is 0.571. The molecule has 2 aromatic heterocycles. The summed E-state index contributed by atoms with van der Waals surface area (Å²) >= 11 is 0. The maximum absolute atomic E-state index is 4.93. The molecule has 0 saturated carbocycles. The number of hydrogen-bond acceptors (Lipinski definition) is 6. The monoisotopic (exact) mass is 380 g/mol. The summed E-state index contributed by atoms with van der Waals surface area (Å²) in [4.78, 5) is 13.4. The van der Waals surface area contributed by atoms with Crippen molar-refractivity contribution in [2.75, 3.05) is 26.2 Å². The summed E-state index contributed by atoms with van der Waals surface area (Å²) < 4.78 is 4.93. The molecule has 1 fully saturated rings. The van der Waals surface area contributed by atoms with Gasteiger partial charge in [0.1, 0.15) is 11.0 Å². The van der Waals surface area contributed by atoms with E-state index in [2.05, 4.69) is 38.1 Å². The van der Waals surface area contributed by atoms with Crippen LogP contribution in [0.2, 0.25) is 0 Å². The third kappa shape index (κ3) is 2.93. The molecule has 3 aromatic rings. The van der Waals surface area contributed by atoms with Crippen LogP contribution in [0.4, 0.5) is 0 Å². The highest BCUT2D eigenvalue weighted by molar-refractivity contribution is 5.76. The number of imidazole rings is 1. The first-order valence-electron chi connectivity index (χ1n) is 10.5. The highest BCUT2D eigenvalue weighted by Crippen LogP contribution is 2.42. The molecule has 1 spiro atoms. The lowest BCUT2D eigenvalue weighted by molar-refractivity contribution is 0.00273. The van der Waals surface area contributed by atoms with Crippen molar-refractivity contribution >= 4 is 11.0 Å². The lowest BCUT2D eigenvalue weighted by Crippen LogP contribution is -2.56. The molecule has 7 heteroatoms. The van der Waals surface area contributed by atoms with Gasteiger partial charge in [0.2, 0.25) is 0 Å². The quantitative estimate of drug-likeness (QED) is 0.733. The van der Waals surface area contributed by atoms with Crippen molar-refractivity contribution in [1.29, 1.82) is 0 Å². The first-order chi connectivity index (χ1) is 13.8. The fourth-order valence-corrected chi connectivity index (χ4v) is 5.06. The number of fused-ring (bicyclic) bond motifs is 3. The summed E-state index contributed by atoms with van der Waals surface area (Å²) in [5.41, 5.74) is 5.67. The molecule has 28 heavy (non-hydrogen) atoms. The number of unbranched alkanes of at least 4 members (excludes halogenated alkanes) is 1. The van der Waals surface area contributed by atoms with Gasteiger partial charge in [0.15, 0.2) is 0 Å². The lowest BCUT2D eigenvalue weighted by atomic mass is 9.78. The van der Waals surface area contributed by atoms with Gasteiger partial charge in [0, 0.05) is 38.3 Å². The number of H-pyrrole nitrogens is 1. The lowest BCUT2D eigenvalue weighted by Gasteiger charge is -2.50. The number of piperidine rings is 1. The second kappa shape index (κ2) is 7.29. The molecule has 0 amide bonds. The Balaban J connectivity index is 1.35. The number of aromatic nitrogens is 4. The average Bonchev–Trinajstić information content (AvgIpc) is 3.39. The molecule has 1 N–H and O–H groups in total. The van der Waals surface area contributed by atoms with Gasteiger partial charge in [-0.1, -0.05) is 25.5 Å². The standard InChI is InChI=1S/C21H28N6O/c1-2-3-10-27-11-7-18-20(23-15-22-18)21(27)8-12-26(13-9-21)14-16-5-4-6-17-19(16)25-28-24-17/h4-6,15H,2-3,7-14H2,1H3,(H,22,23). The molecule has 0 bridgehead atoms. The van der Waals surface area contributed by atoms with Crippen molar-refractivity contribution in [3.63, 3.8) is 0 Å². The van der Waals surface area contributed by atoms with Crippen LogP contribution in [0.15, 0.2) is 29.2 Å². The van der Waals surface area contributed by atoms with E-state index < -0.39 is 0 Å². The van der Waals surface area contributed by atoms with E-state index in [9.17, 15) is 0 Å². The van der Waals surface area contributed by atoms with Crippen LogP contribution in [-0.4, -0.2) is 56.3 Å². The zero-order valence-corrected chi connectivity index (χ0v) is 16.5. The number of likely N-dealkylation sites (tertiary alicyclic amines) is 1. The van der Waals surface area contributed by atoms with E-state index in [1.165, 1.54) is 36.3 Å². The Morgan fingerprint density at radius 3 is 2.93 bits per heavy atom. The molecular weight excluding hydrogens is 352 g/mol. The van der Waals surface area contributed by atoms with E-state index in [0.29, 0.717) is 0 Å². The maximum atomic E-state index is 4.93. The van der Waals surface area contributed by atoms with Crippen LogP contribution in [0.1, 0.15) is 49.6 Å². The van der Waals surface area contributed by atoms with Gasteiger partial charge in [-0.3, -0.25) is 9.80 Å². The van der Waals surface area contributed by atoms with E-state index in [1.807, 2.05) is 18.5 Å². The van der Waals surface area contributed by atoms with Crippen molar-refractivity contribution < 1.29 is 4.63 Å². The Kier molecular flexibility index (Phi) is 4.64. The predicted octanol–water partition coefficient (Wildman–Crippen LogP) is 3.10. The molecule has 0 unspecified atom stereocenters. The Hall–Kier alpha value is -2.25. The highest BCUT2D eigenvalue weighted by atomic mass is 16.6. The number of nitrogens with one attached hydrogen (secondary N) is 1. The smallest absolute Gasteiger partial charge is 0.139 e.